The van der Waals surface area contributed by atoms with Gasteiger partial charge >= 0.3 is 0 Å². The molecule has 0 aliphatic carbocycles. The fourth-order valence-electron chi connectivity index (χ4n) is 1.00. The normalized spacial score (nSPS) is 10.1. The molecule has 0 fully saturated rings. The number of para-hydroxylation sites is 1. The highest BCUT2D eigenvalue weighted by Crippen LogP contribution is 2.11. The van der Waals surface area contributed by atoms with Crippen LogP contribution in [0.3, 0.4) is 0 Å². The number of rotatable bonds is 4. The Morgan fingerprint density at radius 2 is 2.08 bits per heavy atom. The molecule has 0 unspecified atom stereocenters. The lowest BCUT2D eigenvalue weighted by Crippen LogP contribution is -2.20. The standard InChI is InChI=1S/C10H14N2O/c1-12(2)8-11-10-6-4-3-5-9(10)7-13/h3-7,11H,8H2,1-2H3. The number of hydrogen-bond donors (Lipinski definition) is 1. The van der Waals surface area contributed by atoms with Crippen LogP contribution in [0.1, 0.15) is 10.4 Å². The predicted octanol–water partition coefficient (Wildman–Crippen LogP) is 1.43. The molecule has 1 N–H and O–H groups in total. The van der Waals surface area contributed by atoms with Crippen molar-refractivity contribution in [2.24, 2.45) is 0 Å². The Labute approximate surface area is 78.4 Å². The SMILES string of the molecule is CN(C)CNc1ccccc1C=O. The Morgan fingerprint density at radius 3 is 2.69 bits per heavy atom. The molecule has 13 heavy (non-hydrogen) atoms. The number of nitrogens with one attached hydrogen (secondary N) is 1. The van der Waals surface area contributed by atoms with Gasteiger partial charge in [0.25, 0.3) is 0 Å². The van der Waals surface area contributed by atoms with Gasteiger partial charge in [-0.3, -0.25) is 9.69 Å². The van der Waals surface area contributed by atoms with Gasteiger partial charge < -0.3 is 5.32 Å². The van der Waals surface area contributed by atoms with Gasteiger partial charge in [-0.1, -0.05) is 12.1 Å². The van der Waals surface area contributed by atoms with Gasteiger partial charge in [0.15, 0.2) is 6.29 Å². The van der Waals surface area contributed by atoms with Crippen molar-refractivity contribution >= 4 is 12.0 Å². The van der Waals surface area contributed by atoms with Gasteiger partial charge in [0, 0.05) is 11.3 Å². The van der Waals surface area contributed by atoms with Crippen LogP contribution < -0.4 is 5.32 Å². The average Bonchev–Trinajstić information content (AvgIpc) is 2.15. The first-order valence-electron chi connectivity index (χ1n) is 4.17. The van der Waals surface area contributed by atoms with Gasteiger partial charge in [0.05, 0.1) is 6.67 Å². The summed E-state index contributed by atoms with van der Waals surface area (Å²) in [6.45, 7) is 0.727. The van der Waals surface area contributed by atoms with Crippen LogP contribution in [0.15, 0.2) is 24.3 Å². The fourth-order valence-corrected chi connectivity index (χ4v) is 1.00. The molecule has 0 bridgehead atoms. The predicted molar refractivity (Wildman–Crippen MR) is 54.0 cm³/mol. The lowest BCUT2D eigenvalue weighted by atomic mass is 10.2. The monoisotopic (exact) mass is 178 g/mol. The molecule has 70 valence electrons. The van der Waals surface area contributed by atoms with E-state index in [1.54, 1.807) is 6.07 Å². The van der Waals surface area contributed by atoms with Crippen LogP contribution in [0.4, 0.5) is 5.69 Å². The van der Waals surface area contributed by atoms with Crippen molar-refractivity contribution in [1.29, 1.82) is 0 Å². The molecule has 0 aromatic heterocycles. The topological polar surface area (TPSA) is 32.3 Å². The third-order valence-corrected chi connectivity index (χ3v) is 1.67. The summed E-state index contributed by atoms with van der Waals surface area (Å²) in [6, 6.07) is 7.45. The maximum Gasteiger partial charge on any atom is 0.152 e. The van der Waals surface area contributed by atoms with Gasteiger partial charge in [-0.2, -0.15) is 0 Å². The number of nitrogens with zero attached hydrogens (tertiary/aromatic N) is 1. The zero-order chi connectivity index (χ0) is 9.68. The van der Waals surface area contributed by atoms with Crippen molar-refractivity contribution in [1.82, 2.24) is 4.90 Å². The molecule has 0 amide bonds. The van der Waals surface area contributed by atoms with Crippen molar-refractivity contribution in [2.75, 3.05) is 26.1 Å². The highest BCUT2D eigenvalue weighted by molar-refractivity contribution is 5.83. The smallest absolute Gasteiger partial charge is 0.152 e. The minimum Gasteiger partial charge on any atom is -0.372 e. The van der Waals surface area contributed by atoms with Crippen LogP contribution in [0.2, 0.25) is 0 Å². The molecular weight excluding hydrogens is 164 g/mol. The number of carbonyl (C=O) groups is 1. The van der Waals surface area contributed by atoms with Gasteiger partial charge in [0.2, 0.25) is 0 Å². The zero-order valence-corrected chi connectivity index (χ0v) is 7.95. The second-order valence-electron chi connectivity index (χ2n) is 3.12. The van der Waals surface area contributed by atoms with Crippen LogP contribution in [-0.2, 0) is 0 Å². The molecule has 0 spiro atoms. The first-order chi connectivity index (χ1) is 6.24. The third kappa shape index (κ3) is 2.87. The molecule has 0 aliphatic heterocycles. The summed E-state index contributed by atoms with van der Waals surface area (Å²) in [5.74, 6) is 0. The molecule has 1 rings (SSSR count). The molecule has 0 saturated carbocycles. The number of aldehydes is 1. The summed E-state index contributed by atoms with van der Waals surface area (Å²) in [6.07, 6.45) is 0.859. The average molecular weight is 178 g/mol. The molecule has 0 heterocycles. The summed E-state index contributed by atoms with van der Waals surface area (Å²) in [7, 11) is 3.94. The minimum atomic E-state index is 0.698. The van der Waals surface area contributed by atoms with Gasteiger partial charge in [-0.15, -0.1) is 0 Å². The Hall–Kier alpha value is -1.35. The van der Waals surface area contributed by atoms with E-state index in [2.05, 4.69) is 5.32 Å². The molecular formula is C10H14N2O. The lowest BCUT2D eigenvalue weighted by Gasteiger charge is -2.13. The number of hydrogen-bond acceptors (Lipinski definition) is 3. The van der Waals surface area contributed by atoms with Crippen LogP contribution in [0.25, 0.3) is 0 Å². The van der Waals surface area contributed by atoms with Crippen molar-refractivity contribution in [3.05, 3.63) is 29.8 Å². The maximum absolute atomic E-state index is 10.6. The van der Waals surface area contributed by atoms with E-state index in [9.17, 15) is 4.79 Å². The van der Waals surface area contributed by atoms with Crippen LogP contribution in [0, 0.1) is 0 Å². The zero-order valence-electron chi connectivity index (χ0n) is 7.95. The van der Waals surface area contributed by atoms with E-state index >= 15 is 0 Å². The second-order valence-corrected chi connectivity index (χ2v) is 3.12. The van der Waals surface area contributed by atoms with Crippen LogP contribution in [-0.4, -0.2) is 32.0 Å². The Morgan fingerprint density at radius 1 is 1.38 bits per heavy atom. The molecule has 1 aromatic carbocycles. The summed E-state index contributed by atoms with van der Waals surface area (Å²) < 4.78 is 0. The molecule has 3 heteroatoms. The highest BCUT2D eigenvalue weighted by Gasteiger charge is 1.98. The largest absolute Gasteiger partial charge is 0.372 e. The van der Waals surface area contributed by atoms with Crippen LogP contribution >= 0.6 is 0 Å². The van der Waals surface area contributed by atoms with E-state index in [4.69, 9.17) is 0 Å². The first-order valence-corrected chi connectivity index (χ1v) is 4.17. The molecule has 0 saturated heterocycles. The molecule has 1 aromatic rings. The van der Waals surface area contributed by atoms with Crippen molar-refractivity contribution in [2.45, 2.75) is 0 Å². The van der Waals surface area contributed by atoms with E-state index in [1.165, 1.54) is 0 Å². The third-order valence-electron chi connectivity index (χ3n) is 1.67. The van der Waals surface area contributed by atoms with E-state index in [0.717, 1.165) is 18.6 Å². The van der Waals surface area contributed by atoms with Crippen molar-refractivity contribution in [3.63, 3.8) is 0 Å². The van der Waals surface area contributed by atoms with E-state index in [1.807, 2.05) is 37.2 Å². The second kappa shape index (κ2) is 4.62. The number of anilines is 1. The van der Waals surface area contributed by atoms with Gasteiger partial charge in [-0.05, 0) is 26.2 Å². The molecule has 0 aliphatic rings. The quantitative estimate of drug-likeness (QED) is 0.559. The summed E-state index contributed by atoms with van der Waals surface area (Å²) in [5, 5.41) is 3.16. The first kappa shape index (κ1) is 9.74. The molecule has 0 radical (unpaired) electrons. The maximum atomic E-state index is 10.6. The number of benzene rings is 1. The lowest BCUT2D eigenvalue weighted by molar-refractivity contribution is 0.112. The van der Waals surface area contributed by atoms with E-state index in [-0.39, 0.29) is 0 Å². The summed E-state index contributed by atoms with van der Waals surface area (Å²) >= 11 is 0. The minimum absolute atomic E-state index is 0.698. The van der Waals surface area contributed by atoms with Gasteiger partial charge in [0.1, 0.15) is 0 Å². The molecule has 0 atom stereocenters. The Balaban J connectivity index is 2.69. The van der Waals surface area contributed by atoms with E-state index < -0.39 is 0 Å². The van der Waals surface area contributed by atoms with Crippen molar-refractivity contribution < 1.29 is 4.79 Å². The summed E-state index contributed by atoms with van der Waals surface area (Å²) in [4.78, 5) is 12.6. The summed E-state index contributed by atoms with van der Waals surface area (Å²) in [5.41, 5.74) is 1.58. The Bertz CT molecular complexity index is 284. The Kier molecular flexibility index (Phi) is 3.46. The van der Waals surface area contributed by atoms with Gasteiger partial charge in [-0.25, -0.2) is 0 Å². The van der Waals surface area contributed by atoms with Crippen molar-refractivity contribution in [3.8, 4) is 0 Å². The highest BCUT2D eigenvalue weighted by atomic mass is 16.1. The fraction of sp³-hybridized carbons (Fsp3) is 0.300. The number of carbonyl (C=O) groups excluding carboxylic acids is 1. The van der Waals surface area contributed by atoms with Crippen LogP contribution in [0.5, 0.6) is 0 Å². The van der Waals surface area contributed by atoms with E-state index in [0.29, 0.717) is 5.56 Å². The molecule has 3 nitrogen and oxygen atoms in total.